The number of anilines is 1. The second-order valence-electron chi connectivity index (χ2n) is 6.95. The lowest BCUT2D eigenvalue weighted by molar-refractivity contribution is -0.0544. The van der Waals surface area contributed by atoms with E-state index >= 15 is 0 Å². The van der Waals surface area contributed by atoms with Crippen LogP contribution in [0.15, 0.2) is 41.0 Å². The van der Waals surface area contributed by atoms with Crippen molar-refractivity contribution in [3.63, 3.8) is 0 Å². The zero-order chi connectivity index (χ0) is 17.1. The molecule has 2 aliphatic heterocycles. The minimum Gasteiger partial charge on any atom is -0.468 e. The third-order valence-electron chi connectivity index (χ3n) is 5.00. The molecule has 2 aromatic rings. The Labute approximate surface area is 147 Å². The van der Waals surface area contributed by atoms with Crippen molar-refractivity contribution in [1.29, 1.82) is 5.26 Å². The van der Waals surface area contributed by atoms with Crippen molar-refractivity contribution in [3.05, 3.63) is 48.0 Å². The molecule has 1 N–H and O–H groups in total. The Morgan fingerprint density at radius 3 is 3.16 bits per heavy atom. The monoisotopic (exact) mass is 338 g/mol. The summed E-state index contributed by atoms with van der Waals surface area (Å²) in [6, 6.07) is 11.7. The Balaban J connectivity index is 1.38. The number of nitrogens with zero attached hydrogens (tertiary/aromatic N) is 3. The van der Waals surface area contributed by atoms with Crippen LogP contribution in [-0.4, -0.2) is 41.2 Å². The van der Waals surface area contributed by atoms with E-state index in [-0.39, 0.29) is 11.6 Å². The van der Waals surface area contributed by atoms with Gasteiger partial charge in [-0.2, -0.15) is 5.26 Å². The molecule has 2 aromatic heterocycles. The molecule has 0 aliphatic carbocycles. The average molecular weight is 338 g/mol. The first-order valence-corrected chi connectivity index (χ1v) is 8.77. The topological polar surface area (TPSA) is 74.3 Å². The molecule has 130 valence electrons. The van der Waals surface area contributed by atoms with Crippen LogP contribution in [0.5, 0.6) is 0 Å². The van der Waals surface area contributed by atoms with Crippen LogP contribution < -0.4 is 5.32 Å². The molecule has 25 heavy (non-hydrogen) atoms. The van der Waals surface area contributed by atoms with Crippen molar-refractivity contribution in [2.75, 3.05) is 25.0 Å². The number of likely N-dealkylation sites (tertiary alicyclic amines) is 1. The van der Waals surface area contributed by atoms with E-state index in [1.54, 1.807) is 12.3 Å². The third kappa shape index (κ3) is 3.68. The summed E-state index contributed by atoms with van der Waals surface area (Å²) in [5, 5.41) is 12.4. The van der Waals surface area contributed by atoms with Crippen molar-refractivity contribution in [3.8, 4) is 6.07 Å². The van der Waals surface area contributed by atoms with Crippen molar-refractivity contribution < 1.29 is 9.15 Å². The van der Waals surface area contributed by atoms with E-state index in [0.717, 1.165) is 50.5 Å². The quantitative estimate of drug-likeness (QED) is 0.924. The van der Waals surface area contributed by atoms with E-state index in [4.69, 9.17) is 14.4 Å². The molecule has 2 unspecified atom stereocenters. The molecule has 0 aromatic carbocycles. The minimum absolute atomic E-state index is 0.0879. The summed E-state index contributed by atoms with van der Waals surface area (Å²) in [4.78, 5) is 6.72. The SMILES string of the molecule is N#Cc1cccc(NC2COC3(CCCN(Cc4ccco4)C3)C2)n1. The number of rotatable bonds is 4. The smallest absolute Gasteiger partial charge is 0.142 e. The van der Waals surface area contributed by atoms with Gasteiger partial charge in [-0.05, 0) is 43.7 Å². The summed E-state index contributed by atoms with van der Waals surface area (Å²) >= 11 is 0. The molecule has 2 fully saturated rings. The number of aromatic nitrogens is 1. The van der Waals surface area contributed by atoms with Gasteiger partial charge in [0, 0.05) is 13.0 Å². The second kappa shape index (κ2) is 6.87. The first kappa shape index (κ1) is 16.1. The van der Waals surface area contributed by atoms with Gasteiger partial charge in [-0.15, -0.1) is 0 Å². The number of ether oxygens (including phenoxy) is 1. The zero-order valence-electron chi connectivity index (χ0n) is 14.1. The van der Waals surface area contributed by atoms with Gasteiger partial charge in [0.1, 0.15) is 23.3 Å². The molecule has 4 rings (SSSR count). The van der Waals surface area contributed by atoms with Crippen LogP contribution in [0.4, 0.5) is 5.82 Å². The van der Waals surface area contributed by atoms with Gasteiger partial charge >= 0.3 is 0 Å². The number of piperidine rings is 1. The molecular formula is C19H22N4O2. The summed E-state index contributed by atoms with van der Waals surface area (Å²) in [5.41, 5.74) is 0.343. The van der Waals surface area contributed by atoms with Crippen LogP contribution >= 0.6 is 0 Å². The van der Waals surface area contributed by atoms with Crippen LogP contribution in [0.25, 0.3) is 0 Å². The van der Waals surface area contributed by atoms with E-state index in [1.165, 1.54) is 0 Å². The van der Waals surface area contributed by atoms with Crippen molar-refractivity contribution in [2.45, 2.75) is 37.5 Å². The van der Waals surface area contributed by atoms with Gasteiger partial charge in [0.15, 0.2) is 0 Å². The van der Waals surface area contributed by atoms with Gasteiger partial charge in [-0.25, -0.2) is 4.98 Å². The van der Waals surface area contributed by atoms with Crippen LogP contribution in [-0.2, 0) is 11.3 Å². The maximum Gasteiger partial charge on any atom is 0.142 e. The summed E-state index contributed by atoms with van der Waals surface area (Å²) in [6.07, 6.45) is 4.91. The molecule has 4 heterocycles. The van der Waals surface area contributed by atoms with E-state index in [9.17, 15) is 0 Å². The van der Waals surface area contributed by atoms with E-state index in [0.29, 0.717) is 12.3 Å². The molecule has 2 atom stereocenters. The van der Waals surface area contributed by atoms with Gasteiger partial charge in [-0.3, -0.25) is 4.90 Å². The van der Waals surface area contributed by atoms with E-state index < -0.39 is 0 Å². The van der Waals surface area contributed by atoms with Crippen LogP contribution in [0, 0.1) is 11.3 Å². The highest BCUT2D eigenvalue weighted by Gasteiger charge is 2.43. The van der Waals surface area contributed by atoms with Gasteiger partial charge < -0.3 is 14.5 Å². The summed E-state index contributed by atoms with van der Waals surface area (Å²) in [5.74, 6) is 1.75. The van der Waals surface area contributed by atoms with Gasteiger partial charge in [0.05, 0.1) is 31.1 Å². The fourth-order valence-corrected chi connectivity index (χ4v) is 3.96. The van der Waals surface area contributed by atoms with Crippen molar-refractivity contribution in [1.82, 2.24) is 9.88 Å². The van der Waals surface area contributed by atoms with Gasteiger partial charge in [0.2, 0.25) is 0 Å². The maximum absolute atomic E-state index is 8.98. The Kier molecular flexibility index (Phi) is 4.43. The molecule has 0 radical (unpaired) electrons. The summed E-state index contributed by atoms with van der Waals surface area (Å²) in [7, 11) is 0. The first-order chi connectivity index (χ1) is 12.2. The molecule has 0 saturated carbocycles. The Morgan fingerprint density at radius 1 is 1.36 bits per heavy atom. The Morgan fingerprint density at radius 2 is 2.32 bits per heavy atom. The number of hydrogen-bond acceptors (Lipinski definition) is 6. The molecule has 6 nitrogen and oxygen atoms in total. The predicted octanol–water partition coefficient (Wildman–Crippen LogP) is 2.78. The van der Waals surface area contributed by atoms with E-state index in [1.807, 2.05) is 24.3 Å². The maximum atomic E-state index is 8.98. The highest BCUT2D eigenvalue weighted by atomic mass is 16.5. The van der Waals surface area contributed by atoms with Gasteiger partial charge in [0.25, 0.3) is 0 Å². The van der Waals surface area contributed by atoms with E-state index in [2.05, 4.69) is 21.3 Å². The van der Waals surface area contributed by atoms with Crippen LogP contribution in [0.2, 0.25) is 0 Å². The Bertz CT molecular complexity index is 755. The highest BCUT2D eigenvalue weighted by molar-refractivity contribution is 5.39. The summed E-state index contributed by atoms with van der Waals surface area (Å²) < 4.78 is 11.7. The lowest BCUT2D eigenvalue weighted by Gasteiger charge is -2.39. The lowest BCUT2D eigenvalue weighted by atomic mass is 9.88. The number of pyridine rings is 1. The molecular weight excluding hydrogens is 316 g/mol. The highest BCUT2D eigenvalue weighted by Crippen LogP contribution is 2.36. The largest absolute Gasteiger partial charge is 0.468 e. The lowest BCUT2D eigenvalue weighted by Crippen LogP contribution is -2.47. The second-order valence-corrected chi connectivity index (χ2v) is 6.95. The Hall–Kier alpha value is -2.36. The number of nitrogens with one attached hydrogen (secondary N) is 1. The van der Waals surface area contributed by atoms with Crippen molar-refractivity contribution in [2.24, 2.45) is 0 Å². The fourth-order valence-electron chi connectivity index (χ4n) is 3.96. The van der Waals surface area contributed by atoms with Crippen LogP contribution in [0.3, 0.4) is 0 Å². The third-order valence-corrected chi connectivity index (χ3v) is 5.00. The predicted molar refractivity (Wildman–Crippen MR) is 92.9 cm³/mol. The number of nitriles is 1. The fraction of sp³-hybridized carbons (Fsp3) is 0.474. The van der Waals surface area contributed by atoms with Crippen molar-refractivity contribution >= 4 is 5.82 Å². The minimum atomic E-state index is -0.0879. The molecule has 0 bridgehead atoms. The molecule has 2 saturated heterocycles. The standard InChI is InChI=1S/C19H22N4O2/c20-11-15-4-1-6-18(21-15)22-16-10-19(25-13-16)7-3-8-23(14-19)12-17-5-2-9-24-17/h1-2,4-6,9,16H,3,7-8,10,12-14H2,(H,21,22). The first-order valence-electron chi connectivity index (χ1n) is 8.77. The number of hydrogen-bond donors (Lipinski definition) is 1. The molecule has 0 amide bonds. The van der Waals surface area contributed by atoms with Crippen LogP contribution in [0.1, 0.15) is 30.7 Å². The summed E-state index contributed by atoms with van der Waals surface area (Å²) in [6.45, 7) is 3.52. The number of furan rings is 1. The normalized spacial score (nSPS) is 26.6. The zero-order valence-corrected chi connectivity index (χ0v) is 14.1. The molecule has 2 aliphatic rings. The molecule has 1 spiro atoms. The average Bonchev–Trinajstić information content (AvgIpc) is 3.26. The molecule has 6 heteroatoms. The van der Waals surface area contributed by atoms with Gasteiger partial charge in [-0.1, -0.05) is 6.07 Å².